The maximum atomic E-state index is 9.65. The zero-order valence-electron chi connectivity index (χ0n) is 58.8. The van der Waals surface area contributed by atoms with E-state index in [2.05, 4.69) is 65.7 Å². The summed E-state index contributed by atoms with van der Waals surface area (Å²) in [6, 6.07) is 0. The summed E-state index contributed by atoms with van der Waals surface area (Å²) in [4.78, 5) is 8.22. The van der Waals surface area contributed by atoms with Crippen LogP contribution in [0.2, 0.25) is 0 Å². The topological polar surface area (TPSA) is 223 Å². The summed E-state index contributed by atoms with van der Waals surface area (Å²) in [5, 5.41) is 86.8. The molecule has 0 heterocycles. The number of nitrogens with one attached hydrogen (secondary N) is 4. The van der Waals surface area contributed by atoms with Gasteiger partial charge in [-0.3, -0.25) is 0 Å². The molecule has 0 aromatic rings. The maximum Gasteiger partial charge on any atom is 0.0715 e. The normalized spacial score (nSPS) is 13.7. The first-order valence-electron chi connectivity index (χ1n) is 29.0. The van der Waals surface area contributed by atoms with Gasteiger partial charge < -0.3 is 81.7 Å². The molecule has 8 unspecified atom stereocenters. The average Bonchev–Trinajstić information content (AvgIpc) is 3.27. The van der Waals surface area contributed by atoms with Gasteiger partial charge in [-0.05, 0) is 128 Å². The minimum atomic E-state index is -0.248. The van der Waals surface area contributed by atoms with E-state index in [4.69, 9.17) is 5.11 Å². The van der Waals surface area contributed by atoms with Crippen molar-refractivity contribution in [3.05, 3.63) is 0 Å². The van der Waals surface area contributed by atoms with Crippen LogP contribution >= 0.6 is 0 Å². The second-order valence-corrected chi connectivity index (χ2v) is 26.7. The number of hydrogen-bond donors (Lipinski definition) is 12. The fourth-order valence-corrected chi connectivity index (χ4v) is 4.62. The second kappa shape index (κ2) is 81.2. The number of nitrogens with zero attached hydrogens (tertiary/aromatic N) is 4. The molecule has 16 nitrogen and oxygen atoms in total. The summed E-state index contributed by atoms with van der Waals surface area (Å²) in [6.07, 6.45) is -1.69. The van der Waals surface area contributed by atoms with Gasteiger partial charge in [0, 0.05) is 347 Å². The summed E-state index contributed by atoms with van der Waals surface area (Å²) in [5.41, 5.74) is 0.0128. The van der Waals surface area contributed by atoms with Gasteiger partial charge in [0.1, 0.15) is 0 Å². The van der Waals surface area contributed by atoms with Gasteiger partial charge >= 0.3 is 0 Å². The first-order valence-corrected chi connectivity index (χ1v) is 29.0. The van der Waals surface area contributed by atoms with E-state index in [0.717, 1.165) is 52.4 Å². The fraction of sp³-hybridized carbons (Fsp3) is 1.00. The van der Waals surface area contributed by atoms with E-state index >= 15 is 0 Å². The SMILES string of the molecule is CC(C)C(O)CN(C)C.CCN(C)CC(O)C(C)(C)C.CCN(C)CC(O)C(C)C.CCNCC(O)C(C)(C)C.CCNCC(O)C(C)C.CN(C)CC(O)C(C)(C)C.CNCC(O)C(C)(C)C.CNCC(O)C(C)C.[Lu].[Lu].[Lu].[Lu].[Lu].[Lu].[Lu].[Lu]. The predicted octanol–water partition coefficient (Wildman–Crippen LogP) is 6.27. The quantitative estimate of drug-likeness (QED) is 0.0512. The molecule has 8 atom stereocenters. The third-order valence-corrected chi connectivity index (χ3v) is 12.2. The van der Waals surface area contributed by atoms with Crippen LogP contribution < -0.4 is 21.3 Å². The molecule has 0 aliphatic heterocycles. The molecule has 8 radical (unpaired) electrons. The van der Waals surface area contributed by atoms with Crippen LogP contribution in [0.15, 0.2) is 0 Å². The third-order valence-electron chi connectivity index (χ3n) is 12.2. The molecule has 84 heavy (non-hydrogen) atoms. The number of aliphatic hydroxyl groups is 8. The Hall–Kier alpha value is 9.23. The maximum absolute atomic E-state index is 9.65. The minimum absolute atomic E-state index is 0. The summed E-state index contributed by atoms with van der Waals surface area (Å²) in [5.74, 6) is 1.47. The second-order valence-electron chi connectivity index (χ2n) is 26.7. The monoisotopic (exact) mass is 2500 g/mol. The Labute approximate surface area is 757 Å². The van der Waals surface area contributed by atoms with Crippen molar-refractivity contribution in [2.45, 2.75) is 215 Å². The molecule has 0 bridgehead atoms. The number of likely N-dealkylation sites (N-methyl/N-ethyl adjacent to an activating group) is 8. The summed E-state index contributed by atoms with van der Waals surface area (Å²) in [7, 11) is 15.6. The third kappa shape index (κ3) is 107. The molecular weight excluding hydrogens is 2360 g/mol. The van der Waals surface area contributed by atoms with Crippen LogP contribution in [0.5, 0.6) is 0 Å². The van der Waals surface area contributed by atoms with E-state index in [0.29, 0.717) is 49.9 Å². The molecule has 592 valence electrons. The molecule has 24 heteroatoms. The Morgan fingerprint density at radius 1 is 0.310 bits per heavy atom. The summed E-state index contributed by atoms with van der Waals surface area (Å²) in [6.45, 7) is 58.6. The first kappa shape index (κ1) is 133. The Bertz CT molecular complexity index is 1200. The van der Waals surface area contributed by atoms with Gasteiger partial charge in [-0.2, -0.15) is 0 Å². The fourth-order valence-electron chi connectivity index (χ4n) is 4.62. The van der Waals surface area contributed by atoms with Crippen LogP contribution in [0.1, 0.15) is 166 Å². The molecule has 0 aliphatic rings. The Morgan fingerprint density at radius 2 is 0.548 bits per heavy atom. The van der Waals surface area contributed by atoms with Crippen molar-refractivity contribution in [3.63, 3.8) is 0 Å². The van der Waals surface area contributed by atoms with Crippen LogP contribution in [0, 0.1) is 340 Å². The van der Waals surface area contributed by atoms with E-state index in [1.54, 1.807) is 0 Å². The number of aliphatic hydroxyl groups excluding tert-OH is 8. The van der Waals surface area contributed by atoms with Crippen molar-refractivity contribution in [1.82, 2.24) is 40.9 Å². The molecular formula is C60H144Lu8N8O8. The molecule has 0 amide bonds. The molecule has 0 aliphatic carbocycles. The van der Waals surface area contributed by atoms with Crippen molar-refractivity contribution >= 4 is 0 Å². The van der Waals surface area contributed by atoms with E-state index < -0.39 is 0 Å². The van der Waals surface area contributed by atoms with E-state index in [-0.39, 0.29) is 365 Å². The zero-order chi connectivity index (χ0) is 62.6. The Morgan fingerprint density at radius 3 is 0.738 bits per heavy atom. The van der Waals surface area contributed by atoms with Crippen LogP contribution in [-0.2, 0) is 0 Å². The molecule has 0 aromatic carbocycles. The van der Waals surface area contributed by atoms with Gasteiger partial charge in [-0.1, -0.05) is 166 Å². The van der Waals surface area contributed by atoms with Gasteiger partial charge in [0.2, 0.25) is 0 Å². The Kier molecular flexibility index (Phi) is 129. The standard InChI is InChI=1S/C9H21NO.3C8H19NO.3C7H17NO.C6H15NO.8Lu/c1-6-10(5)7-8(11)9(2,3)4;1-8(2,3)7(10)6-9(4)5;1-5-9-6-7(10)8(2,3)4;1-5-9(4)6-8(10)7(2)3;1-7(2,3)6(9)5-8-4;1-6(2)7(9)5-8(3)4;1-4-8-5-7(9)6(2)3;1-5(2)6(8)4-7-3;;;;;;;;/h8,11H,6-7H2,1-5H3;7,10H,6H2,1-5H3;7,9-10H,5-6H2,1-4H3;7-8,10H,5-6H2,1-4H3;6,8-9H,5H2,1-4H3;6-7,9H,5H2,1-4H3;6-9H,4-5H2,1-3H3;5-8H,4H2,1-3H3;;;;;;;;. The van der Waals surface area contributed by atoms with Crippen molar-refractivity contribution in [2.75, 3.05) is 135 Å². The van der Waals surface area contributed by atoms with E-state index in [1.807, 2.05) is 198 Å². The largest absolute Gasteiger partial charge is 0.392 e. The number of hydrogen-bond acceptors (Lipinski definition) is 16. The van der Waals surface area contributed by atoms with Crippen molar-refractivity contribution < 1.29 is 336 Å². The first-order chi connectivity index (χ1) is 34.1. The molecule has 0 saturated heterocycles. The zero-order valence-corrected chi connectivity index (χ0v) is 72.1. The van der Waals surface area contributed by atoms with Crippen LogP contribution in [0.4, 0.5) is 0 Å². The van der Waals surface area contributed by atoms with Crippen LogP contribution in [0.3, 0.4) is 0 Å². The van der Waals surface area contributed by atoms with Crippen molar-refractivity contribution in [1.29, 1.82) is 0 Å². The predicted molar refractivity (Wildman–Crippen MR) is 334 cm³/mol. The van der Waals surface area contributed by atoms with Gasteiger partial charge in [0.25, 0.3) is 0 Å². The van der Waals surface area contributed by atoms with E-state index in [9.17, 15) is 35.7 Å². The molecule has 0 fully saturated rings. The van der Waals surface area contributed by atoms with Crippen molar-refractivity contribution in [2.24, 2.45) is 45.3 Å². The van der Waals surface area contributed by atoms with Gasteiger partial charge in [0.15, 0.2) is 0 Å². The minimum Gasteiger partial charge on any atom is -0.392 e. The summed E-state index contributed by atoms with van der Waals surface area (Å²) >= 11 is 0. The summed E-state index contributed by atoms with van der Waals surface area (Å²) < 4.78 is 0. The van der Waals surface area contributed by atoms with Gasteiger partial charge in [0.05, 0.1) is 48.8 Å². The molecule has 0 rings (SSSR count). The van der Waals surface area contributed by atoms with Crippen LogP contribution in [-0.4, -0.2) is 244 Å². The van der Waals surface area contributed by atoms with Crippen LogP contribution in [0.25, 0.3) is 0 Å². The molecule has 0 saturated carbocycles. The van der Waals surface area contributed by atoms with Gasteiger partial charge in [-0.25, -0.2) is 0 Å². The average molecular weight is 2510 g/mol. The van der Waals surface area contributed by atoms with E-state index in [1.165, 1.54) is 0 Å². The molecule has 0 aromatic heterocycles. The Balaban J connectivity index is -0.0000000444. The smallest absolute Gasteiger partial charge is 0.0715 e. The molecule has 12 N–H and O–H groups in total. The molecule has 0 spiro atoms. The van der Waals surface area contributed by atoms with Crippen molar-refractivity contribution in [3.8, 4) is 0 Å². The van der Waals surface area contributed by atoms with Gasteiger partial charge in [-0.15, -0.1) is 0 Å². The number of rotatable bonds is 24.